The van der Waals surface area contributed by atoms with Gasteiger partial charge in [-0.25, -0.2) is 9.78 Å². The van der Waals surface area contributed by atoms with Gasteiger partial charge in [-0.05, 0) is 37.6 Å². The molecule has 170 valence electrons. The molecule has 3 aromatic heterocycles. The van der Waals surface area contributed by atoms with Gasteiger partial charge < -0.3 is 9.72 Å². The minimum absolute atomic E-state index is 0.159. The van der Waals surface area contributed by atoms with E-state index in [4.69, 9.17) is 16.3 Å². The van der Waals surface area contributed by atoms with Gasteiger partial charge >= 0.3 is 12.1 Å². The molecule has 0 aliphatic rings. The highest BCUT2D eigenvalue weighted by Gasteiger charge is 2.42. The van der Waals surface area contributed by atoms with Gasteiger partial charge in [0.1, 0.15) is 11.4 Å². The number of imidazole rings is 1. The number of carbonyl (C=O) groups excluding carboxylic acids is 1. The highest BCUT2D eigenvalue weighted by atomic mass is 35.5. The SMILES string of the molecule is Cc1nc(-c2nccc(OC(=O)C(F)(F)F)c2-c2cnn(Cc3ccc(Cl)cc3)c2)[nH]c1C. The molecule has 0 amide bonds. The van der Waals surface area contributed by atoms with Crippen LogP contribution >= 0.6 is 11.6 Å². The van der Waals surface area contributed by atoms with E-state index in [1.165, 1.54) is 18.5 Å². The van der Waals surface area contributed by atoms with Crippen LogP contribution in [-0.4, -0.2) is 36.9 Å². The molecule has 1 aromatic carbocycles. The van der Waals surface area contributed by atoms with Gasteiger partial charge in [-0.2, -0.15) is 18.3 Å². The second-order valence-electron chi connectivity index (χ2n) is 7.27. The predicted octanol–water partition coefficient (Wildman–Crippen LogP) is 5.12. The first-order valence-corrected chi connectivity index (χ1v) is 10.1. The van der Waals surface area contributed by atoms with Crippen molar-refractivity contribution >= 4 is 17.6 Å². The topological polar surface area (TPSA) is 85.7 Å². The van der Waals surface area contributed by atoms with Gasteiger partial charge in [0.05, 0.1) is 24.0 Å². The van der Waals surface area contributed by atoms with Gasteiger partial charge in [-0.1, -0.05) is 23.7 Å². The van der Waals surface area contributed by atoms with Crippen LogP contribution in [0.5, 0.6) is 5.75 Å². The number of aromatic amines is 1. The number of aromatic nitrogens is 5. The summed E-state index contributed by atoms with van der Waals surface area (Å²) in [4.78, 5) is 23.3. The molecule has 0 radical (unpaired) electrons. The Kier molecular flexibility index (Phi) is 5.94. The van der Waals surface area contributed by atoms with Crippen molar-refractivity contribution in [3.63, 3.8) is 0 Å². The number of ether oxygens (including phenoxy) is 1. The first kappa shape index (κ1) is 22.5. The number of rotatable bonds is 5. The molecule has 4 aromatic rings. The van der Waals surface area contributed by atoms with Crippen LogP contribution in [0, 0.1) is 13.8 Å². The van der Waals surface area contributed by atoms with E-state index in [1.54, 1.807) is 29.9 Å². The summed E-state index contributed by atoms with van der Waals surface area (Å²) in [6.07, 6.45) is -0.812. The molecule has 0 saturated heterocycles. The number of aryl methyl sites for hydroxylation is 2. The number of alkyl halides is 3. The lowest BCUT2D eigenvalue weighted by Gasteiger charge is -2.13. The number of H-pyrrole nitrogens is 1. The number of carbonyl (C=O) groups is 1. The number of nitrogens with one attached hydrogen (secondary N) is 1. The zero-order valence-electron chi connectivity index (χ0n) is 17.4. The van der Waals surface area contributed by atoms with Crippen LogP contribution in [0.1, 0.15) is 17.0 Å². The third kappa shape index (κ3) is 4.90. The van der Waals surface area contributed by atoms with Crippen molar-refractivity contribution in [3.05, 3.63) is 70.9 Å². The lowest BCUT2D eigenvalue weighted by atomic mass is 10.1. The molecule has 0 aliphatic carbocycles. The zero-order chi connectivity index (χ0) is 23.8. The Morgan fingerprint density at radius 1 is 1.18 bits per heavy atom. The number of pyridine rings is 1. The molecule has 4 rings (SSSR count). The minimum atomic E-state index is -5.16. The van der Waals surface area contributed by atoms with Crippen LogP contribution in [-0.2, 0) is 11.3 Å². The molecule has 0 fully saturated rings. The fourth-order valence-corrected chi connectivity index (χ4v) is 3.29. The fourth-order valence-electron chi connectivity index (χ4n) is 3.16. The van der Waals surface area contributed by atoms with Crippen molar-refractivity contribution in [1.29, 1.82) is 0 Å². The molecule has 0 saturated carbocycles. The Labute approximate surface area is 191 Å². The smallest absolute Gasteiger partial charge is 0.419 e. The van der Waals surface area contributed by atoms with Crippen LogP contribution in [0.15, 0.2) is 48.9 Å². The van der Waals surface area contributed by atoms with Crippen molar-refractivity contribution in [2.75, 3.05) is 0 Å². The average Bonchev–Trinajstić information content (AvgIpc) is 3.35. The average molecular weight is 476 g/mol. The molecule has 0 atom stereocenters. The first-order valence-electron chi connectivity index (χ1n) is 9.70. The summed E-state index contributed by atoms with van der Waals surface area (Å²) in [6, 6.07) is 8.36. The van der Waals surface area contributed by atoms with E-state index < -0.39 is 12.1 Å². The van der Waals surface area contributed by atoms with Crippen molar-refractivity contribution in [1.82, 2.24) is 24.7 Å². The molecule has 0 bridgehead atoms. The summed E-state index contributed by atoms with van der Waals surface area (Å²) in [5.41, 5.74) is 3.18. The number of benzene rings is 1. The highest BCUT2D eigenvalue weighted by Crippen LogP contribution is 2.38. The summed E-state index contributed by atoms with van der Waals surface area (Å²) in [5.74, 6) is -2.31. The maximum atomic E-state index is 12.9. The monoisotopic (exact) mass is 475 g/mol. The zero-order valence-corrected chi connectivity index (χ0v) is 18.2. The van der Waals surface area contributed by atoms with Gasteiger partial charge in [0.25, 0.3) is 0 Å². The maximum absolute atomic E-state index is 12.9. The van der Waals surface area contributed by atoms with E-state index in [2.05, 4.69) is 20.1 Å². The molecule has 0 aliphatic heterocycles. The van der Waals surface area contributed by atoms with Crippen molar-refractivity contribution in [3.8, 4) is 28.4 Å². The number of nitrogens with zero attached hydrogens (tertiary/aromatic N) is 4. The van der Waals surface area contributed by atoms with Crippen LogP contribution < -0.4 is 4.74 Å². The van der Waals surface area contributed by atoms with Gasteiger partial charge in [0, 0.05) is 28.7 Å². The van der Waals surface area contributed by atoms with Gasteiger partial charge in [-0.15, -0.1) is 0 Å². The second kappa shape index (κ2) is 8.70. The lowest BCUT2D eigenvalue weighted by molar-refractivity contribution is -0.189. The number of esters is 1. The van der Waals surface area contributed by atoms with Crippen molar-refractivity contribution in [2.24, 2.45) is 0 Å². The summed E-state index contributed by atoms with van der Waals surface area (Å²) in [6.45, 7) is 3.99. The Balaban J connectivity index is 1.78. The molecule has 0 unspecified atom stereocenters. The normalized spacial score (nSPS) is 11.6. The molecule has 3 heterocycles. The third-order valence-corrected chi connectivity index (χ3v) is 5.13. The summed E-state index contributed by atoms with van der Waals surface area (Å²) in [5, 5.41) is 4.90. The summed E-state index contributed by atoms with van der Waals surface area (Å²) < 4.78 is 45.0. The quantitative estimate of drug-likeness (QED) is 0.405. The van der Waals surface area contributed by atoms with E-state index in [9.17, 15) is 18.0 Å². The standard InChI is InChI=1S/C22H17ClF3N5O2/c1-12-13(2)30-20(29-12)19-18(17(7-8-27-19)33-21(32)22(24,25)26)15-9-28-31(11-15)10-14-3-5-16(23)6-4-14/h3-9,11H,10H2,1-2H3,(H,29,30). The maximum Gasteiger partial charge on any atom is 0.491 e. The molecule has 7 nitrogen and oxygen atoms in total. The molecular formula is C22H17ClF3N5O2. The third-order valence-electron chi connectivity index (χ3n) is 4.88. The first-order chi connectivity index (χ1) is 15.6. The molecule has 1 N–H and O–H groups in total. The number of halogens is 4. The van der Waals surface area contributed by atoms with Crippen molar-refractivity contribution < 1.29 is 22.7 Å². The van der Waals surface area contributed by atoms with Crippen LogP contribution in [0.2, 0.25) is 5.02 Å². The number of hydrogen-bond donors (Lipinski definition) is 1. The Morgan fingerprint density at radius 3 is 2.55 bits per heavy atom. The Morgan fingerprint density at radius 2 is 1.91 bits per heavy atom. The van der Waals surface area contributed by atoms with E-state index in [0.29, 0.717) is 28.6 Å². The van der Waals surface area contributed by atoms with Gasteiger partial charge in [-0.3, -0.25) is 9.67 Å². The summed E-state index contributed by atoms with van der Waals surface area (Å²) in [7, 11) is 0. The second-order valence-corrected chi connectivity index (χ2v) is 7.71. The fraction of sp³-hybridized carbons (Fsp3) is 0.182. The molecule has 11 heteroatoms. The Bertz CT molecular complexity index is 1290. The van der Waals surface area contributed by atoms with Crippen molar-refractivity contribution in [2.45, 2.75) is 26.6 Å². The lowest BCUT2D eigenvalue weighted by Crippen LogP contribution is -2.28. The summed E-state index contributed by atoms with van der Waals surface area (Å²) >= 11 is 5.92. The number of hydrogen-bond acceptors (Lipinski definition) is 5. The minimum Gasteiger partial charge on any atom is -0.419 e. The Hall–Kier alpha value is -3.66. The van der Waals surface area contributed by atoms with Gasteiger partial charge in [0.2, 0.25) is 0 Å². The van der Waals surface area contributed by atoms with E-state index >= 15 is 0 Å². The highest BCUT2D eigenvalue weighted by molar-refractivity contribution is 6.30. The van der Waals surface area contributed by atoms with E-state index in [0.717, 1.165) is 11.3 Å². The predicted molar refractivity (Wildman–Crippen MR) is 115 cm³/mol. The largest absolute Gasteiger partial charge is 0.491 e. The van der Waals surface area contributed by atoms with Crippen LogP contribution in [0.4, 0.5) is 13.2 Å². The van der Waals surface area contributed by atoms with Crippen LogP contribution in [0.3, 0.4) is 0 Å². The molecular weight excluding hydrogens is 459 g/mol. The van der Waals surface area contributed by atoms with Crippen LogP contribution in [0.25, 0.3) is 22.6 Å². The van der Waals surface area contributed by atoms with Gasteiger partial charge in [0.15, 0.2) is 5.82 Å². The van der Waals surface area contributed by atoms with E-state index in [1.807, 2.05) is 19.1 Å². The molecule has 33 heavy (non-hydrogen) atoms. The van der Waals surface area contributed by atoms with E-state index in [-0.39, 0.29) is 17.0 Å². The molecule has 0 spiro atoms.